The molecule has 2 aliphatic rings. The minimum absolute atomic E-state index is 0.0640. The second-order valence-electron chi connectivity index (χ2n) is 10.2. The van der Waals surface area contributed by atoms with Crippen molar-refractivity contribution in [2.24, 2.45) is 5.41 Å². The van der Waals surface area contributed by atoms with Crippen LogP contribution in [0.4, 0.5) is 0 Å². The predicted octanol–water partition coefficient (Wildman–Crippen LogP) is 5.01. The minimum atomic E-state index is -0.0745. The van der Waals surface area contributed by atoms with Crippen LogP contribution < -0.4 is 0 Å². The van der Waals surface area contributed by atoms with Gasteiger partial charge in [-0.3, -0.25) is 9.59 Å². The zero-order valence-corrected chi connectivity index (χ0v) is 19.6. The van der Waals surface area contributed by atoms with Crippen LogP contribution in [0.3, 0.4) is 0 Å². The molecule has 2 amide bonds. The van der Waals surface area contributed by atoms with Crippen molar-refractivity contribution in [1.29, 1.82) is 0 Å². The average molecular weight is 450 g/mol. The number of piperidine rings is 2. The summed E-state index contributed by atoms with van der Waals surface area (Å²) in [6, 6.07) is 9.53. The molecule has 0 aliphatic carbocycles. The second-order valence-corrected chi connectivity index (χ2v) is 10.2. The molecule has 0 spiro atoms. The van der Waals surface area contributed by atoms with Crippen LogP contribution in [0.2, 0.25) is 0 Å². The lowest BCUT2D eigenvalue weighted by Gasteiger charge is -2.37. The summed E-state index contributed by atoms with van der Waals surface area (Å²) in [5.41, 5.74) is 2.57. The summed E-state index contributed by atoms with van der Waals surface area (Å²) in [6.07, 6.45) is 3.70. The minimum Gasteiger partial charge on any atom is -0.451 e. The Balaban J connectivity index is 1.22. The molecule has 1 aromatic carbocycles. The topological polar surface area (TPSA) is 79.8 Å². The van der Waals surface area contributed by atoms with Gasteiger partial charge in [-0.1, -0.05) is 37.2 Å². The van der Waals surface area contributed by atoms with Gasteiger partial charge in [-0.05, 0) is 44.1 Å². The van der Waals surface area contributed by atoms with Crippen LogP contribution in [0, 0.1) is 12.3 Å². The number of aromatic nitrogens is 1. The zero-order valence-electron chi connectivity index (χ0n) is 19.6. The van der Waals surface area contributed by atoms with Crippen molar-refractivity contribution in [3.05, 3.63) is 53.1 Å². The Kier molecular flexibility index (Phi) is 5.51. The molecule has 0 N–H and O–H groups in total. The molecule has 0 atom stereocenters. The molecule has 0 radical (unpaired) electrons. The molecule has 174 valence electrons. The number of carbonyl (C=O) groups excluding carboxylic acids is 2. The molecule has 3 aromatic rings. The van der Waals surface area contributed by atoms with Gasteiger partial charge < -0.3 is 18.7 Å². The fourth-order valence-corrected chi connectivity index (χ4v) is 5.23. The lowest BCUT2D eigenvalue weighted by Crippen LogP contribution is -2.43. The van der Waals surface area contributed by atoms with E-state index in [0.717, 1.165) is 61.0 Å². The average Bonchev–Trinajstić information content (AvgIpc) is 3.43. The van der Waals surface area contributed by atoms with Crippen molar-refractivity contribution in [1.82, 2.24) is 15.0 Å². The normalized spacial score (nSPS) is 19.2. The van der Waals surface area contributed by atoms with Gasteiger partial charge >= 0.3 is 0 Å². The van der Waals surface area contributed by atoms with E-state index in [1.54, 1.807) is 6.07 Å². The van der Waals surface area contributed by atoms with Gasteiger partial charge in [0.2, 0.25) is 5.76 Å². The zero-order chi connectivity index (χ0) is 23.2. The molecule has 7 nitrogen and oxygen atoms in total. The Morgan fingerprint density at radius 2 is 1.82 bits per heavy atom. The number of benzene rings is 1. The van der Waals surface area contributed by atoms with Crippen molar-refractivity contribution in [2.45, 2.75) is 52.4 Å². The Hall–Kier alpha value is -3.09. The number of hydrogen-bond acceptors (Lipinski definition) is 5. The second kappa shape index (κ2) is 8.36. The van der Waals surface area contributed by atoms with Crippen molar-refractivity contribution < 1.29 is 18.5 Å². The van der Waals surface area contributed by atoms with Crippen LogP contribution in [-0.4, -0.2) is 52.9 Å². The van der Waals surface area contributed by atoms with Gasteiger partial charge in [0, 0.05) is 49.1 Å². The highest BCUT2D eigenvalue weighted by Gasteiger charge is 2.33. The number of likely N-dealkylation sites (tertiary alicyclic amines) is 2. The quantitative estimate of drug-likeness (QED) is 0.561. The van der Waals surface area contributed by atoms with E-state index in [9.17, 15) is 9.59 Å². The largest absolute Gasteiger partial charge is 0.451 e. The van der Waals surface area contributed by atoms with Gasteiger partial charge in [0.05, 0.1) is 5.69 Å². The van der Waals surface area contributed by atoms with Crippen LogP contribution in [-0.2, 0) is 0 Å². The maximum Gasteiger partial charge on any atom is 0.292 e. The summed E-state index contributed by atoms with van der Waals surface area (Å²) in [7, 11) is 0. The summed E-state index contributed by atoms with van der Waals surface area (Å²) in [5.74, 6) is 0.779. The Morgan fingerprint density at radius 3 is 2.55 bits per heavy atom. The first-order valence-electron chi connectivity index (χ1n) is 11.9. The first-order chi connectivity index (χ1) is 15.8. The van der Waals surface area contributed by atoms with E-state index in [1.807, 2.05) is 41.0 Å². The number of carbonyl (C=O) groups is 2. The Labute approximate surface area is 193 Å². The molecule has 0 saturated carbocycles. The number of hydrogen-bond donors (Lipinski definition) is 0. The highest BCUT2D eigenvalue weighted by atomic mass is 16.5. The molecule has 7 heteroatoms. The number of fused-ring (bicyclic) bond motifs is 1. The number of para-hydroxylation sites is 1. The monoisotopic (exact) mass is 449 g/mol. The summed E-state index contributed by atoms with van der Waals surface area (Å²) < 4.78 is 11.3. The van der Waals surface area contributed by atoms with Crippen molar-refractivity contribution in [2.75, 3.05) is 26.2 Å². The van der Waals surface area contributed by atoms with E-state index in [2.05, 4.69) is 19.0 Å². The molecule has 2 aliphatic heterocycles. The molecule has 5 rings (SSSR count). The van der Waals surface area contributed by atoms with Gasteiger partial charge in [-0.25, -0.2) is 0 Å². The number of nitrogens with zero attached hydrogens (tertiary/aromatic N) is 3. The summed E-state index contributed by atoms with van der Waals surface area (Å²) in [5, 5.41) is 5.20. The predicted molar refractivity (Wildman–Crippen MR) is 124 cm³/mol. The van der Waals surface area contributed by atoms with E-state index < -0.39 is 0 Å². The highest BCUT2D eigenvalue weighted by Crippen LogP contribution is 2.32. The Morgan fingerprint density at radius 1 is 1.06 bits per heavy atom. The number of furan rings is 1. The van der Waals surface area contributed by atoms with Gasteiger partial charge in [-0.2, -0.15) is 0 Å². The molecule has 33 heavy (non-hydrogen) atoms. The summed E-state index contributed by atoms with van der Waals surface area (Å²) in [6.45, 7) is 9.07. The van der Waals surface area contributed by atoms with E-state index >= 15 is 0 Å². The maximum atomic E-state index is 13.1. The fourth-order valence-electron chi connectivity index (χ4n) is 5.23. The summed E-state index contributed by atoms with van der Waals surface area (Å²) >= 11 is 0. The van der Waals surface area contributed by atoms with Gasteiger partial charge in [0.1, 0.15) is 5.58 Å². The first kappa shape index (κ1) is 21.7. The van der Waals surface area contributed by atoms with Crippen molar-refractivity contribution >= 4 is 22.8 Å². The third-order valence-corrected chi connectivity index (χ3v) is 7.17. The molecule has 0 unspecified atom stereocenters. The highest BCUT2D eigenvalue weighted by molar-refractivity contribution is 5.99. The molecular formula is C26H31N3O4. The first-order valence-corrected chi connectivity index (χ1v) is 11.9. The number of amides is 2. The van der Waals surface area contributed by atoms with Crippen LogP contribution in [0.15, 0.2) is 39.3 Å². The van der Waals surface area contributed by atoms with Gasteiger partial charge in [0.25, 0.3) is 11.8 Å². The van der Waals surface area contributed by atoms with Crippen LogP contribution in [0.5, 0.6) is 0 Å². The molecule has 4 heterocycles. The van der Waals surface area contributed by atoms with E-state index in [0.29, 0.717) is 24.6 Å². The van der Waals surface area contributed by atoms with E-state index in [4.69, 9.17) is 8.94 Å². The maximum absolute atomic E-state index is 13.1. The van der Waals surface area contributed by atoms with Crippen molar-refractivity contribution in [3.8, 4) is 0 Å². The lowest BCUT2D eigenvalue weighted by molar-refractivity contribution is 0.0543. The standard InChI is InChI=1S/C26H31N3O4/c1-17-19-7-4-5-8-21(19)32-23(17)25(31)28-13-9-18(10-14-28)20-15-22(33-27-20)24(30)29-12-6-11-26(2,3)16-29/h4-5,7-8,15,18H,6,9-14,16H2,1-3H3. The molecular weight excluding hydrogens is 418 g/mol. The Bertz CT molecular complexity index is 1180. The fraction of sp³-hybridized carbons (Fsp3) is 0.500. The summed E-state index contributed by atoms with van der Waals surface area (Å²) in [4.78, 5) is 29.7. The molecule has 0 bridgehead atoms. The van der Waals surface area contributed by atoms with Crippen molar-refractivity contribution in [3.63, 3.8) is 0 Å². The SMILES string of the molecule is Cc1c(C(=O)N2CCC(c3cc(C(=O)N4CCCC(C)(C)C4)on3)CC2)oc2ccccc12. The number of aryl methyl sites for hydroxylation is 1. The molecule has 2 fully saturated rings. The third kappa shape index (κ3) is 4.16. The van der Waals surface area contributed by atoms with E-state index in [-0.39, 0.29) is 23.1 Å². The van der Waals surface area contributed by atoms with Crippen LogP contribution >= 0.6 is 0 Å². The van der Waals surface area contributed by atoms with Gasteiger partial charge in [-0.15, -0.1) is 0 Å². The smallest absolute Gasteiger partial charge is 0.292 e. The molecule has 2 aromatic heterocycles. The van der Waals surface area contributed by atoms with Crippen LogP contribution in [0.25, 0.3) is 11.0 Å². The number of rotatable bonds is 3. The van der Waals surface area contributed by atoms with Crippen LogP contribution in [0.1, 0.15) is 77.8 Å². The van der Waals surface area contributed by atoms with Gasteiger partial charge in [0.15, 0.2) is 5.76 Å². The lowest BCUT2D eigenvalue weighted by atomic mass is 9.84. The molecule has 2 saturated heterocycles. The third-order valence-electron chi connectivity index (χ3n) is 7.17. The van der Waals surface area contributed by atoms with E-state index in [1.165, 1.54) is 0 Å².